The molecule has 0 amide bonds. The highest BCUT2D eigenvalue weighted by Gasteiger charge is 2.16. The Bertz CT molecular complexity index is 831. The molecule has 0 bridgehead atoms. The number of hydrogen-bond acceptors (Lipinski definition) is 5. The Kier molecular flexibility index (Phi) is 5.01. The summed E-state index contributed by atoms with van der Waals surface area (Å²) in [6.07, 6.45) is 3.42. The summed E-state index contributed by atoms with van der Waals surface area (Å²) in [7, 11) is 0. The van der Waals surface area contributed by atoms with Crippen molar-refractivity contribution in [2.45, 2.75) is 32.7 Å². The minimum absolute atomic E-state index is 0.107. The molecule has 1 unspecified atom stereocenters. The normalized spacial score (nSPS) is 12.3. The number of benzene rings is 1. The number of anilines is 1. The van der Waals surface area contributed by atoms with Crippen LogP contribution in [0.4, 0.5) is 5.82 Å². The number of nitrogens with one attached hydrogen (secondary N) is 1. The van der Waals surface area contributed by atoms with E-state index in [0.717, 1.165) is 34.7 Å². The van der Waals surface area contributed by atoms with Crippen molar-refractivity contribution in [3.8, 4) is 0 Å². The Balaban J connectivity index is 2.03. The third-order valence-electron chi connectivity index (χ3n) is 4.12. The summed E-state index contributed by atoms with van der Waals surface area (Å²) in [6.45, 7) is 4.77. The van der Waals surface area contributed by atoms with Crippen LogP contribution >= 0.6 is 0 Å². The maximum Gasteiger partial charge on any atom is 0.138 e. The van der Waals surface area contributed by atoms with Crippen molar-refractivity contribution in [3.05, 3.63) is 59.7 Å². The van der Waals surface area contributed by atoms with Gasteiger partial charge in [0.25, 0.3) is 0 Å². The molecule has 0 fully saturated rings. The summed E-state index contributed by atoms with van der Waals surface area (Å²) in [6, 6.07) is 12.2. The van der Waals surface area contributed by atoms with E-state index in [1.54, 1.807) is 0 Å². The maximum absolute atomic E-state index is 5.68. The van der Waals surface area contributed by atoms with E-state index in [1.807, 2.05) is 36.5 Å². The fourth-order valence-electron chi connectivity index (χ4n) is 2.87. The van der Waals surface area contributed by atoms with E-state index in [2.05, 4.69) is 35.2 Å². The summed E-state index contributed by atoms with van der Waals surface area (Å²) >= 11 is 0. The van der Waals surface area contributed by atoms with Crippen LogP contribution in [0, 0.1) is 6.92 Å². The minimum Gasteiger partial charge on any atom is -0.361 e. The summed E-state index contributed by atoms with van der Waals surface area (Å²) in [5.74, 6) is 1.62. The first-order valence-electron chi connectivity index (χ1n) is 8.36. The van der Waals surface area contributed by atoms with Gasteiger partial charge in [-0.1, -0.05) is 25.1 Å². The van der Waals surface area contributed by atoms with Gasteiger partial charge in [-0.2, -0.15) is 0 Å². The molecule has 0 saturated heterocycles. The topological polar surface area (TPSA) is 76.7 Å². The van der Waals surface area contributed by atoms with Crippen molar-refractivity contribution in [2.24, 2.45) is 5.73 Å². The highest BCUT2D eigenvalue weighted by molar-refractivity contribution is 5.89. The van der Waals surface area contributed by atoms with Gasteiger partial charge in [0.2, 0.25) is 0 Å². The molecule has 3 N–H and O–H groups in total. The fraction of sp³-hybridized carbons (Fsp3) is 0.316. The standard InChI is InChI=1S/C19H23N5/c1-3-15(18-13(2)7-6-12-21-18)23-19-14-8-4-5-9-16(14)22-17(24-19)10-11-20/h4-9,12,15H,3,10-11,20H2,1-2H3,(H,22,23,24). The quantitative estimate of drug-likeness (QED) is 0.727. The number of pyridine rings is 1. The van der Waals surface area contributed by atoms with Gasteiger partial charge in [0.05, 0.1) is 17.3 Å². The van der Waals surface area contributed by atoms with Crippen LogP contribution in [0.2, 0.25) is 0 Å². The Morgan fingerprint density at radius 3 is 2.71 bits per heavy atom. The van der Waals surface area contributed by atoms with E-state index in [1.165, 1.54) is 5.56 Å². The van der Waals surface area contributed by atoms with Gasteiger partial charge >= 0.3 is 0 Å². The first-order valence-corrected chi connectivity index (χ1v) is 8.36. The molecule has 3 rings (SSSR count). The Hall–Kier alpha value is -2.53. The molecule has 0 aliphatic heterocycles. The number of fused-ring (bicyclic) bond motifs is 1. The monoisotopic (exact) mass is 321 g/mol. The number of aryl methyl sites for hydroxylation is 1. The molecule has 2 heterocycles. The van der Waals surface area contributed by atoms with Gasteiger partial charge in [-0.3, -0.25) is 4.98 Å². The molecule has 24 heavy (non-hydrogen) atoms. The number of para-hydroxylation sites is 1. The van der Waals surface area contributed by atoms with E-state index in [-0.39, 0.29) is 6.04 Å². The van der Waals surface area contributed by atoms with Gasteiger partial charge in [0.15, 0.2) is 0 Å². The van der Waals surface area contributed by atoms with Crippen molar-refractivity contribution in [2.75, 3.05) is 11.9 Å². The molecule has 5 heteroatoms. The SMILES string of the molecule is CCC(Nc1nc(CCN)nc2ccccc12)c1ncccc1C. The number of hydrogen-bond donors (Lipinski definition) is 2. The van der Waals surface area contributed by atoms with Gasteiger partial charge in [0.1, 0.15) is 11.6 Å². The maximum atomic E-state index is 5.68. The molecule has 2 aromatic heterocycles. The Morgan fingerprint density at radius 2 is 1.96 bits per heavy atom. The largest absolute Gasteiger partial charge is 0.361 e. The zero-order valence-corrected chi connectivity index (χ0v) is 14.2. The van der Waals surface area contributed by atoms with Crippen LogP contribution in [0.15, 0.2) is 42.6 Å². The minimum atomic E-state index is 0.107. The van der Waals surface area contributed by atoms with Gasteiger partial charge in [-0.25, -0.2) is 9.97 Å². The van der Waals surface area contributed by atoms with E-state index >= 15 is 0 Å². The lowest BCUT2D eigenvalue weighted by atomic mass is 10.1. The first-order chi connectivity index (χ1) is 11.7. The van der Waals surface area contributed by atoms with Crippen LogP contribution in [-0.2, 0) is 6.42 Å². The summed E-state index contributed by atoms with van der Waals surface area (Å²) in [4.78, 5) is 13.9. The molecular formula is C19H23N5. The third-order valence-corrected chi connectivity index (χ3v) is 4.12. The van der Waals surface area contributed by atoms with Crippen LogP contribution in [0.3, 0.4) is 0 Å². The zero-order valence-electron chi connectivity index (χ0n) is 14.2. The second kappa shape index (κ2) is 7.36. The van der Waals surface area contributed by atoms with Gasteiger partial charge < -0.3 is 11.1 Å². The fourth-order valence-corrected chi connectivity index (χ4v) is 2.87. The van der Waals surface area contributed by atoms with Crippen LogP contribution in [0.1, 0.15) is 36.5 Å². The lowest BCUT2D eigenvalue weighted by Crippen LogP contribution is -2.15. The second-order valence-corrected chi connectivity index (χ2v) is 5.85. The predicted octanol–water partition coefficient (Wildman–Crippen LogP) is 3.40. The molecule has 1 atom stereocenters. The highest BCUT2D eigenvalue weighted by atomic mass is 15.1. The second-order valence-electron chi connectivity index (χ2n) is 5.85. The Morgan fingerprint density at radius 1 is 1.12 bits per heavy atom. The molecule has 0 aliphatic rings. The van der Waals surface area contributed by atoms with Crippen LogP contribution in [-0.4, -0.2) is 21.5 Å². The Labute approximate surface area is 142 Å². The zero-order chi connectivity index (χ0) is 16.9. The summed E-state index contributed by atoms with van der Waals surface area (Å²) in [5, 5.41) is 4.59. The number of rotatable bonds is 6. The molecule has 0 saturated carbocycles. The van der Waals surface area contributed by atoms with Gasteiger partial charge in [-0.05, 0) is 43.7 Å². The smallest absolute Gasteiger partial charge is 0.138 e. The van der Waals surface area contributed by atoms with E-state index in [9.17, 15) is 0 Å². The van der Waals surface area contributed by atoms with Crippen molar-refractivity contribution >= 4 is 16.7 Å². The average molecular weight is 321 g/mol. The van der Waals surface area contributed by atoms with E-state index in [0.29, 0.717) is 13.0 Å². The van der Waals surface area contributed by atoms with Crippen LogP contribution in [0.25, 0.3) is 10.9 Å². The molecule has 5 nitrogen and oxygen atoms in total. The molecule has 1 aromatic carbocycles. The highest BCUT2D eigenvalue weighted by Crippen LogP contribution is 2.27. The average Bonchev–Trinajstić information content (AvgIpc) is 2.60. The molecule has 0 radical (unpaired) electrons. The molecule has 124 valence electrons. The van der Waals surface area contributed by atoms with Crippen molar-refractivity contribution in [1.82, 2.24) is 15.0 Å². The van der Waals surface area contributed by atoms with Crippen molar-refractivity contribution in [1.29, 1.82) is 0 Å². The van der Waals surface area contributed by atoms with Gasteiger partial charge in [0, 0.05) is 18.0 Å². The predicted molar refractivity (Wildman–Crippen MR) is 97.9 cm³/mol. The van der Waals surface area contributed by atoms with E-state index < -0.39 is 0 Å². The number of nitrogens with zero attached hydrogens (tertiary/aromatic N) is 3. The number of nitrogens with two attached hydrogens (primary N) is 1. The molecular weight excluding hydrogens is 298 g/mol. The van der Waals surface area contributed by atoms with Crippen molar-refractivity contribution < 1.29 is 0 Å². The lowest BCUT2D eigenvalue weighted by Gasteiger charge is -2.20. The van der Waals surface area contributed by atoms with E-state index in [4.69, 9.17) is 10.7 Å². The number of aromatic nitrogens is 3. The third kappa shape index (κ3) is 3.36. The van der Waals surface area contributed by atoms with Crippen molar-refractivity contribution in [3.63, 3.8) is 0 Å². The molecule has 0 aliphatic carbocycles. The molecule has 3 aromatic rings. The van der Waals surface area contributed by atoms with Crippen LogP contribution < -0.4 is 11.1 Å². The lowest BCUT2D eigenvalue weighted by molar-refractivity contribution is 0.711. The van der Waals surface area contributed by atoms with Crippen LogP contribution in [0.5, 0.6) is 0 Å². The molecule has 0 spiro atoms. The summed E-state index contributed by atoms with van der Waals surface area (Å²) in [5.41, 5.74) is 8.86. The van der Waals surface area contributed by atoms with Gasteiger partial charge in [-0.15, -0.1) is 0 Å². The first kappa shape index (κ1) is 16.3. The summed E-state index contributed by atoms with van der Waals surface area (Å²) < 4.78 is 0.